The highest BCUT2D eigenvalue weighted by Crippen LogP contribution is 2.24. The van der Waals surface area contributed by atoms with E-state index >= 15 is 0 Å². The van der Waals surface area contributed by atoms with Crippen LogP contribution < -0.4 is 10.6 Å². The molecule has 0 bridgehead atoms. The molecule has 8 heteroatoms. The lowest BCUT2D eigenvalue weighted by Crippen LogP contribution is -2.14. The summed E-state index contributed by atoms with van der Waals surface area (Å²) < 4.78 is 1.56. The Morgan fingerprint density at radius 1 is 0.811 bits per heavy atom. The minimum absolute atomic E-state index is 0.0776. The molecule has 0 unspecified atom stereocenters. The maximum absolute atomic E-state index is 12.8. The molecule has 0 saturated carbocycles. The van der Waals surface area contributed by atoms with Crippen LogP contribution in [-0.4, -0.2) is 27.4 Å². The Balaban J connectivity index is 1.43. The average Bonchev–Trinajstić information content (AvgIpc) is 3.28. The van der Waals surface area contributed by atoms with Gasteiger partial charge in [0.05, 0.1) is 11.3 Å². The number of ketones is 1. The summed E-state index contributed by atoms with van der Waals surface area (Å²) in [5.74, 6) is -0.372. The van der Waals surface area contributed by atoms with Crippen molar-refractivity contribution in [2.24, 2.45) is 7.05 Å². The standard InChI is InChI=1S/C29H23ClN4O3/c1-18(19(2)30)28(36)31-24-15-13-20(14-16-24)25-17-26(34(3)33-25)32-29(37)23-11-9-22(10-12-23)27(35)21-7-5-4-6-8-21/h4-17H,1-2H2,3H3,(H,31,36)(H,32,37). The van der Waals surface area contributed by atoms with Crippen LogP contribution >= 0.6 is 11.6 Å². The first-order valence-electron chi connectivity index (χ1n) is 11.2. The molecule has 2 N–H and O–H groups in total. The van der Waals surface area contributed by atoms with E-state index in [1.807, 2.05) is 6.07 Å². The predicted octanol–water partition coefficient (Wildman–Crippen LogP) is 5.82. The van der Waals surface area contributed by atoms with E-state index in [-0.39, 0.29) is 22.3 Å². The second-order valence-electron chi connectivity index (χ2n) is 8.18. The summed E-state index contributed by atoms with van der Waals surface area (Å²) in [5, 5.41) is 10.1. The number of nitrogens with zero attached hydrogens (tertiary/aromatic N) is 2. The molecule has 0 aliphatic carbocycles. The zero-order chi connectivity index (χ0) is 26.5. The van der Waals surface area contributed by atoms with Gasteiger partial charge in [-0.2, -0.15) is 5.10 Å². The molecule has 184 valence electrons. The Bertz CT molecular complexity index is 1510. The van der Waals surface area contributed by atoms with E-state index in [0.717, 1.165) is 5.56 Å². The quantitative estimate of drug-likeness (QED) is 0.177. The van der Waals surface area contributed by atoms with Crippen molar-refractivity contribution in [3.8, 4) is 11.3 Å². The molecular weight excluding hydrogens is 488 g/mol. The zero-order valence-corrected chi connectivity index (χ0v) is 20.8. The van der Waals surface area contributed by atoms with Crippen LogP contribution in [-0.2, 0) is 11.8 Å². The minimum Gasteiger partial charge on any atom is -0.322 e. The Morgan fingerprint density at radius 3 is 2.03 bits per heavy atom. The lowest BCUT2D eigenvalue weighted by Gasteiger charge is -2.07. The van der Waals surface area contributed by atoms with E-state index in [9.17, 15) is 14.4 Å². The summed E-state index contributed by atoms with van der Waals surface area (Å²) in [4.78, 5) is 37.5. The minimum atomic E-state index is -0.437. The summed E-state index contributed by atoms with van der Waals surface area (Å²) >= 11 is 5.72. The number of carbonyl (C=O) groups excluding carboxylic acids is 3. The van der Waals surface area contributed by atoms with Gasteiger partial charge in [0.15, 0.2) is 5.78 Å². The summed E-state index contributed by atoms with van der Waals surface area (Å²) in [5.41, 5.74) is 3.58. The van der Waals surface area contributed by atoms with Crippen molar-refractivity contribution in [1.29, 1.82) is 0 Å². The number of nitrogens with one attached hydrogen (secondary N) is 2. The molecule has 0 aliphatic rings. The highest BCUT2D eigenvalue weighted by atomic mass is 35.5. The van der Waals surface area contributed by atoms with Crippen LogP contribution in [0.25, 0.3) is 11.3 Å². The van der Waals surface area contributed by atoms with E-state index < -0.39 is 5.91 Å². The monoisotopic (exact) mass is 510 g/mol. The van der Waals surface area contributed by atoms with Gasteiger partial charge in [0.1, 0.15) is 5.82 Å². The molecule has 3 aromatic carbocycles. The summed E-state index contributed by atoms with van der Waals surface area (Å²) in [6.45, 7) is 7.09. The van der Waals surface area contributed by atoms with E-state index in [1.54, 1.807) is 90.6 Å². The smallest absolute Gasteiger partial charge is 0.256 e. The van der Waals surface area contributed by atoms with Crippen LogP contribution in [0.1, 0.15) is 26.3 Å². The molecule has 2 amide bonds. The zero-order valence-electron chi connectivity index (χ0n) is 20.0. The van der Waals surface area contributed by atoms with Crippen LogP contribution in [0.2, 0.25) is 0 Å². The van der Waals surface area contributed by atoms with Gasteiger partial charge in [0, 0.05) is 46.1 Å². The first-order chi connectivity index (χ1) is 17.7. The molecule has 0 atom stereocenters. The highest BCUT2D eigenvalue weighted by Gasteiger charge is 2.14. The number of rotatable bonds is 8. The average molecular weight is 511 g/mol. The number of hydrogen-bond acceptors (Lipinski definition) is 4. The van der Waals surface area contributed by atoms with Gasteiger partial charge in [-0.25, -0.2) is 0 Å². The Hall–Kier alpha value is -4.75. The van der Waals surface area contributed by atoms with Crippen molar-refractivity contribution >= 4 is 40.7 Å². The maximum Gasteiger partial charge on any atom is 0.256 e. The molecule has 0 radical (unpaired) electrons. The molecule has 0 fully saturated rings. The third-order valence-electron chi connectivity index (χ3n) is 5.61. The lowest BCUT2D eigenvalue weighted by atomic mass is 10.0. The van der Waals surface area contributed by atoms with Crippen molar-refractivity contribution in [2.45, 2.75) is 0 Å². The van der Waals surface area contributed by atoms with Gasteiger partial charge in [-0.05, 0) is 24.3 Å². The van der Waals surface area contributed by atoms with Gasteiger partial charge in [0.2, 0.25) is 0 Å². The van der Waals surface area contributed by atoms with Gasteiger partial charge >= 0.3 is 0 Å². The van der Waals surface area contributed by atoms with Crippen LogP contribution in [0, 0.1) is 0 Å². The number of aryl methyl sites for hydroxylation is 1. The highest BCUT2D eigenvalue weighted by molar-refractivity contribution is 6.35. The van der Waals surface area contributed by atoms with E-state index in [1.165, 1.54) is 0 Å². The largest absolute Gasteiger partial charge is 0.322 e. The maximum atomic E-state index is 12.8. The number of anilines is 2. The molecule has 37 heavy (non-hydrogen) atoms. The molecule has 0 saturated heterocycles. The third kappa shape index (κ3) is 5.91. The molecule has 4 aromatic rings. The second-order valence-corrected chi connectivity index (χ2v) is 8.64. The number of carbonyl (C=O) groups is 3. The fourth-order valence-corrected chi connectivity index (χ4v) is 3.58. The number of halogens is 1. The summed E-state index contributed by atoms with van der Waals surface area (Å²) in [6.07, 6.45) is 0. The predicted molar refractivity (Wildman–Crippen MR) is 146 cm³/mol. The van der Waals surface area contributed by atoms with Crippen molar-refractivity contribution in [2.75, 3.05) is 10.6 Å². The molecule has 1 heterocycles. The van der Waals surface area contributed by atoms with Crippen LogP contribution in [0.3, 0.4) is 0 Å². The first-order valence-corrected chi connectivity index (χ1v) is 11.6. The summed E-state index contributed by atoms with van der Waals surface area (Å²) in [7, 11) is 1.72. The number of hydrogen-bond donors (Lipinski definition) is 2. The Labute approximate surface area is 219 Å². The Morgan fingerprint density at radius 2 is 1.41 bits per heavy atom. The fraction of sp³-hybridized carbons (Fsp3) is 0.0345. The van der Waals surface area contributed by atoms with Gasteiger partial charge in [0.25, 0.3) is 11.8 Å². The van der Waals surface area contributed by atoms with E-state index in [0.29, 0.717) is 33.9 Å². The topological polar surface area (TPSA) is 93.1 Å². The van der Waals surface area contributed by atoms with E-state index in [2.05, 4.69) is 28.9 Å². The molecule has 1 aromatic heterocycles. The van der Waals surface area contributed by atoms with Crippen LogP contribution in [0.4, 0.5) is 11.5 Å². The van der Waals surface area contributed by atoms with Crippen molar-refractivity contribution < 1.29 is 14.4 Å². The van der Waals surface area contributed by atoms with Gasteiger partial charge in [-0.1, -0.05) is 79.4 Å². The number of amides is 2. The van der Waals surface area contributed by atoms with Crippen molar-refractivity contribution in [3.63, 3.8) is 0 Å². The third-order valence-corrected chi connectivity index (χ3v) is 5.83. The molecule has 7 nitrogen and oxygen atoms in total. The first kappa shape index (κ1) is 25.3. The van der Waals surface area contributed by atoms with Gasteiger partial charge in [-0.3, -0.25) is 19.1 Å². The molecular formula is C29H23ClN4O3. The number of benzene rings is 3. The van der Waals surface area contributed by atoms with Gasteiger partial charge < -0.3 is 10.6 Å². The Kier molecular flexibility index (Phi) is 7.46. The summed E-state index contributed by atoms with van der Waals surface area (Å²) in [6, 6.07) is 24.3. The second kappa shape index (κ2) is 10.9. The van der Waals surface area contributed by atoms with Crippen molar-refractivity contribution in [1.82, 2.24) is 9.78 Å². The fourth-order valence-electron chi connectivity index (χ4n) is 3.50. The lowest BCUT2D eigenvalue weighted by molar-refractivity contribution is -0.112. The normalized spacial score (nSPS) is 10.4. The van der Waals surface area contributed by atoms with Crippen LogP contribution in [0.5, 0.6) is 0 Å². The SMILES string of the molecule is C=C(Cl)C(=C)C(=O)Nc1ccc(-c2cc(NC(=O)c3ccc(C(=O)c4ccccc4)cc3)n(C)n2)cc1. The van der Waals surface area contributed by atoms with Gasteiger partial charge in [-0.15, -0.1) is 0 Å². The number of aromatic nitrogens is 2. The van der Waals surface area contributed by atoms with E-state index in [4.69, 9.17) is 11.6 Å². The molecule has 4 rings (SSSR count). The molecule has 0 spiro atoms. The van der Waals surface area contributed by atoms with Crippen molar-refractivity contribution in [3.05, 3.63) is 125 Å². The molecule has 0 aliphatic heterocycles. The van der Waals surface area contributed by atoms with Crippen LogP contribution in [0.15, 0.2) is 109 Å².